The Bertz CT molecular complexity index is 1080. The highest BCUT2D eigenvalue weighted by Gasteiger charge is 2.20. The molecule has 3 aromatic rings. The largest absolute Gasteiger partial charge is 0.461 e. The summed E-state index contributed by atoms with van der Waals surface area (Å²) in [5, 5.41) is 0.711. The highest BCUT2D eigenvalue weighted by atomic mass is 35.5. The summed E-state index contributed by atoms with van der Waals surface area (Å²) < 4.78 is 33.1. The number of aryl methyl sites for hydroxylation is 2. The summed E-state index contributed by atoms with van der Waals surface area (Å²) in [5.74, 6) is 0.308. The normalized spacial score (nSPS) is 11.7. The molecule has 130 valence electrons. The van der Waals surface area contributed by atoms with Crippen molar-refractivity contribution in [1.82, 2.24) is 0 Å². The summed E-state index contributed by atoms with van der Waals surface area (Å²) in [5.41, 5.74) is 2.00. The highest BCUT2D eigenvalue weighted by molar-refractivity contribution is 7.92. The van der Waals surface area contributed by atoms with Gasteiger partial charge in [-0.05, 0) is 39.0 Å². The predicted molar refractivity (Wildman–Crippen MR) is 98.0 cm³/mol. The van der Waals surface area contributed by atoms with Crippen molar-refractivity contribution in [1.29, 1.82) is 0 Å². The molecule has 0 saturated heterocycles. The van der Waals surface area contributed by atoms with Gasteiger partial charge >= 0.3 is 0 Å². The number of ketones is 1. The minimum Gasteiger partial charge on any atom is -0.461 e. The number of hydrogen-bond donors (Lipinski definition) is 1. The second-order valence-corrected chi connectivity index (χ2v) is 7.93. The monoisotopic (exact) mass is 377 g/mol. The molecule has 7 heteroatoms. The lowest BCUT2D eigenvalue weighted by molar-refractivity contribution is 0.101. The summed E-state index contributed by atoms with van der Waals surface area (Å²) in [6.45, 7) is 4.99. The summed E-state index contributed by atoms with van der Waals surface area (Å²) in [6.07, 6.45) is 0. The molecule has 0 saturated carbocycles. The number of hydrogen-bond acceptors (Lipinski definition) is 4. The minimum atomic E-state index is -3.80. The first-order valence-electron chi connectivity index (χ1n) is 7.52. The van der Waals surface area contributed by atoms with E-state index in [9.17, 15) is 13.2 Å². The third-order valence-corrected chi connectivity index (χ3v) is 5.58. The number of fused-ring (bicyclic) bond motifs is 1. The maximum Gasteiger partial charge on any atom is 0.261 e. The third-order valence-electron chi connectivity index (χ3n) is 3.88. The van der Waals surface area contributed by atoms with Crippen molar-refractivity contribution in [3.63, 3.8) is 0 Å². The van der Waals surface area contributed by atoms with Gasteiger partial charge in [0, 0.05) is 11.5 Å². The van der Waals surface area contributed by atoms with Crippen molar-refractivity contribution in [2.75, 3.05) is 4.72 Å². The smallest absolute Gasteiger partial charge is 0.261 e. The number of Topliss-reactive ketones (excluding diaryl/α,β-unsaturated/α-hetero) is 1. The van der Waals surface area contributed by atoms with Gasteiger partial charge in [-0.2, -0.15) is 0 Å². The molecule has 25 heavy (non-hydrogen) atoms. The molecule has 1 N–H and O–H groups in total. The Morgan fingerprint density at radius 2 is 1.76 bits per heavy atom. The van der Waals surface area contributed by atoms with Crippen LogP contribution in [0.1, 0.15) is 28.6 Å². The van der Waals surface area contributed by atoms with Crippen LogP contribution in [0, 0.1) is 13.8 Å². The van der Waals surface area contributed by atoms with Crippen LogP contribution in [-0.2, 0) is 10.0 Å². The highest BCUT2D eigenvalue weighted by Crippen LogP contribution is 2.34. The molecule has 0 aliphatic carbocycles. The Hall–Kier alpha value is -2.31. The van der Waals surface area contributed by atoms with Gasteiger partial charge in [0.2, 0.25) is 0 Å². The van der Waals surface area contributed by atoms with Gasteiger partial charge in [0.15, 0.2) is 5.78 Å². The predicted octanol–water partition coefficient (Wildman–Crippen LogP) is 4.71. The van der Waals surface area contributed by atoms with Gasteiger partial charge in [-0.25, -0.2) is 8.42 Å². The number of nitrogens with one attached hydrogen (secondary N) is 1. The molecule has 0 radical (unpaired) electrons. The van der Waals surface area contributed by atoms with Crippen molar-refractivity contribution >= 4 is 44.1 Å². The zero-order valence-corrected chi connectivity index (χ0v) is 15.5. The standard InChI is InChI=1S/C18H16ClNO4S/c1-10-4-6-13(7-5-10)25(22,23)20-16-8-14-17(9-15(16)19)24-12(3)18(14)11(2)21/h4-9,20H,1-3H3. The number of rotatable bonds is 4. The lowest BCUT2D eigenvalue weighted by Crippen LogP contribution is -2.13. The van der Waals surface area contributed by atoms with E-state index in [-0.39, 0.29) is 21.4 Å². The van der Waals surface area contributed by atoms with Crippen molar-refractivity contribution in [3.05, 3.63) is 58.3 Å². The van der Waals surface area contributed by atoms with Gasteiger partial charge in [0.25, 0.3) is 10.0 Å². The molecule has 0 amide bonds. The van der Waals surface area contributed by atoms with Crippen molar-refractivity contribution < 1.29 is 17.6 Å². The van der Waals surface area contributed by atoms with E-state index in [2.05, 4.69) is 4.72 Å². The summed E-state index contributed by atoms with van der Waals surface area (Å²) in [4.78, 5) is 12.0. The van der Waals surface area contributed by atoms with Crippen LogP contribution in [0.25, 0.3) is 11.0 Å². The van der Waals surface area contributed by atoms with Crippen LogP contribution >= 0.6 is 11.6 Å². The second-order valence-electron chi connectivity index (χ2n) is 5.84. The molecule has 0 bridgehead atoms. The Kier molecular flexibility index (Phi) is 4.34. The lowest BCUT2D eigenvalue weighted by atomic mass is 10.1. The van der Waals surface area contributed by atoms with Gasteiger partial charge < -0.3 is 4.42 Å². The number of benzene rings is 2. The molecule has 0 aliphatic heterocycles. The molecular formula is C18H16ClNO4S. The van der Waals surface area contributed by atoms with Crippen molar-refractivity contribution in [2.24, 2.45) is 0 Å². The van der Waals surface area contributed by atoms with E-state index in [0.29, 0.717) is 22.3 Å². The van der Waals surface area contributed by atoms with E-state index in [1.165, 1.54) is 31.2 Å². The Morgan fingerprint density at radius 3 is 2.36 bits per heavy atom. The van der Waals surface area contributed by atoms with E-state index in [0.717, 1.165) is 5.56 Å². The van der Waals surface area contributed by atoms with Crippen LogP contribution in [0.5, 0.6) is 0 Å². The number of carbonyl (C=O) groups is 1. The molecule has 0 atom stereocenters. The molecule has 3 rings (SSSR count). The zero-order chi connectivity index (χ0) is 18.4. The molecule has 5 nitrogen and oxygen atoms in total. The SMILES string of the molecule is CC(=O)c1c(C)oc2cc(Cl)c(NS(=O)(=O)c3ccc(C)cc3)cc12. The first-order valence-corrected chi connectivity index (χ1v) is 9.38. The minimum absolute atomic E-state index is 0.129. The van der Waals surface area contributed by atoms with E-state index in [1.807, 2.05) is 6.92 Å². The van der Waals surface area contributed by atoms with Crippen LogP contribution in [0.15, 0.2) is 45.7 Å². The van der Waals surface area contributed by atoms with Gasteiger partial charge in [-0.15, -0.1) is 0 Å². The van der Waals surface area contributed by atoms with E-state index >= 15 is 0 Å². The molecule has 0 spiro atoms. The fourth-order valence-corrected chi connectivity index (χ4v) is 4.00. The Labute approximate surface area is 150 Å². The van der Waals surface area contributed by atoms with Gasteiger partial charge in [-0.3, -0.25) is 9.52 Å². The maximum atomic E-state index is 12.6. The average molecular weight is 378 g/mol. The fraction of sp³-hybridized carbons (Fsp3) is 0.167. The Morgan fingerprint density at radius 1 is 1.12 bits per heavy atom. The summed E-state index contributed by atoms with van der Waals surface area (Å²) >= 11 is 6.19. The number of halogens is 1. The van der Waals surface area contributed by atoms with E-state index in [1.54, 1.807) is 19.1 Å². The van der Waals surface area contributed by atoms with Crippen LogP contribution in [0.2, 0.25) is 5.02 Å². The number of carbonyl (C=O) groups excluding carboxylic acids is 1. The molecule has 0 fully saturated rings. The third kappa shape index (κ3) is 3.27. The van der Waals surface area contributed by atoms with Crippen LogP contribution in [0.4, 0.5) is 5.69 Å². The quantitative estimate of drug-likeness (QED) is 0.668. The number of sulfonamides is 1. The molecule has 1 aromatic heterocycles. The van der Waals surface area contributed by atoms with Crippen LogP contribution in [-0.4, -0.2) is 14.2 Å². The first-order chi connectivity index (χ1) is 11.7. The molecule has 0 aliphatic rings. The van der Waals surface area contributed by atoms with Crippen LogP contribution < -0.4 is 4.72 Å². The van der Waals surface area contributed by atoms with Crippen molar-refractivity contribution in [2.45, 2.75) is 25.7 Å². The molecular weight excluding hydrogens is 362 g/mol. The average Bonchev–Trinajstić information content (AvgIpc) is 2.82. The summed E-state index contributed by atoms with van der Waals surface area (Å²) in [6, 6.07) is 9.50. The topological polar surface area (TPSA) is 76.4 Å². The second kappa shape index (κ2) is 6.20. The van der Waals surface area contributed by atoms with Crippen LogP contribution in [0.3, 0.4) is 0 Å². The van der Waals surface area contributed by atoms with E-state index < -0.39 is 10.0 Å². The van der Waals surface area contributed by atoms with Gasteiger partial charge in [0.05, 0.1) is 21.2 Å². The summed E-state index contributed by atoms with van der Waals surface area (Å²) in [7, 11) is -3.80. The maximum absolute atomic E-state index is 12.6. The first kappa shape index (κ1) is 17.5. The van der Waals surface area contributed by atoms with Crippen molar-refractivity contribution in [3.8, 4) is 0 Å². The molecule has 2 aromatic carbocycles. The van der Waals surface area contributed by atoms with Gasteiger partial charge in [-0.1, -0.05) is 29.3 Å². The molecule has 0 unspecified atom stereocenters. The van der Waals surface area contributed by atoms with E-state index in [4.69, 9.17) is 16.0 Å². The fourth-order valence-electron chi connectivity index (χ4n) is 2.68. The lowest BCUT2D eigenvalue weighted by Gasteiger charge is -2.10. The number of anilines is 1. The molecule has 1 heterocycles. The zero-order valence-electron chi connectivity index (χ0n) is 13.9. The number of furan rings is 1. The van der Waals surface area contributed by atoms with Gasteiger partial charge in [0.1, 0.15) is 11.3 Å². The Balaban J connectivity index is 2.09.